The highest BCUT2D eigenvalue weighted by atomic mass is 16.6. The molecule has 0 spiro atoms. The summed E-state index contributed by atoms with van der Waals surface area (Å²) < 4.78 is 0.600. The molecule has 2 aromatic rings. The highest BCUT2D eigenvalue weighted by Gasteiger charge is 2.19. The number of hydrazone groups is 1. The number of aromatic nitrogens is 1. The lowest BCUT2D eigenvalue weighted by Crippen LogP contribution is -2.25. The predicted octanol–water partition coefficient (Wildman–Crippen LogP) is 1.97. The zero-order valence-corrected chi connectivity index (χ0v) is 11.9. The highest BCUT2D eigenvalue weighted by molar-refractivity contribution is 5.98. The number of anilines is 1. The van der Waals surface area contributed by atoms with Crippen LogP contribution in [0.3, 0.4) is 0 Å². The van der Waals surface area contributed by atoms with E-state index in [1.807, 2.05) is 0 Å². The molecule has 10 nitrogen and oxygen atoms in total. The van der Waals surface area contributed by atoms with Crippen molar-refractivity contribution in [2.45, 2.75) is 6.92 Å². The molecular formula is C13H11N5O5. The van der Waals surface area contributed by atoms with Crippen LogP contribution in [0.2, 0.25) is 0 Å². The number of pyridine rings is 1. The Morgan fingerprint density at radius 3 is 2.57 bits per heavy atom. The maximum atomic E-state index is 11.2. The molecular weight excluding hydrogens is 306 g/mol. The molecule has 1 aromatic heterocycles. The standard InChI is InChI=1S/C13H11N5O5/c1-9(10-3-2-6-16(19)8-10)14-15-12-5-4-11(17(20)21)7-13(12)18(22)23/h2-8,15H,1H3/b14-9-. The Morgan fingerprint density at radius 2 is 1.96 bits per heavy atom. The molecule has 0 radical (unpaired) electrons. The second-order valence-electron chi connectivity index (χ2n) is 4.48. The van der Waals surface area contributed by atoms with Gasteiger partial charge in [-0.3, -0.25) is 25.7 Å². The Morgan fingerprint density at radius 1 is 1.22 bits per heavy atom. The van der Waals surface area contributed by atoms with Crippen molar-refractivity contribution in [1.29, 1.82) is 0 Å². The zero-order chi connectivity index (χ0) is 17.0. The van der Waals surface area contributed by atoms with E-state index in [9.17, 15) is 25.4 Å². The van der Waals surface area contributed by atoms with Gasteiger partial charge in [0.25, 0.3) is 5.69 Å². The molecule has 10 heteroatoms. The third-order valence-corrected chi connectivity index (χ3v) is 2.93. The lowest BCUT2D eigenvalue weighted by molar-refractivity contribution is -0.605. The number of nitrogens with zero attached hydrogens (tertiary/aromatic N) is 4. The highest BCUT2D eigenvalue weighted by Crippen LogP contribution is 2.28. The number of rotatable bonds is 5. The van der Waals surface area contributed by atoms with Crippen molar-refractivity contribution in [3.05, 3.63) is 73.7 Å². The first kappa shape index (κ1) is 15.8. The average Bonchev–Trinajstić information content (AvgIpc) is 2.52. The number of nitrogens with one attached hydrogen (secondary N) is 1. The summed E-state index contributed by atoms with van der Waals surface area (Å²) >= 11 is 0. The van der Waals surface area contributed by atoms with Crippen molar-refractivity contribution in [3.8, 4) is 0 Å². The number of hydrogen-bond donors (Lipinski definition) is 1. The van der Waals surface area contributed by atoms with E-state index in [2.05, 4.69) is 10.5 Å². The van der Waals surface area contributed by atoms with Crippen LogP contribution in [0.4, 0.5) is 17.1 Å². The fourth-order valence-electron chi connectivity index (χ4n) is 1.76. The fourth-order valence-corrected chi connectivity index (χ4v) is 1.76. The van der Waals surface area contributed by atoms with Gasteiger partial charge in [-0.05, 0) is 19.1 Å². The van der Waals surface area contributed by atoms with Crippen LogP contribution in [0.15, 0.2) is 47.8 Å². The summed E-state index contributed by atoms with van der Waals surface area (Å²) in [7, 11) is 0. The second-order valence-corrected chi connectivity index (χ2v) is 4.48. The molecule has 1 aromatic carbocycles. The van der Waals surface area contributed by atoms with E-state index in [1.54, 1.807) is 13.0 Å². The van der Waals surface area contributed by atoms with Crippen molar-refractivity contribution in [2.75, 3.05) is 5.43 Å². The predicted molar refractivity (Wildman–Crippen MR) is 81.0 cm³/mol. The molecule has 23 heavy (non-hydrogen) atoms. The van der Waals surface area contributed by atoms with E-state index < -0.39 is 21.2 Å². The van der Waals surface area contributed by atoms with Gasteiger partial charge in [0.15, 0.2) is 12.4 Å². The number of non-ortho nitro benzene ring substituents is 1. The Balaban J connectivity index is 2.31. The van der Waals surface area contributed by atoms with Crippen LogP contribution in [-0.4, -0.2) is 15.6 Å². The molecule has 0 saturated carbocycles. The smallest absolute Gasteiger partial charge is 0.301 e. The minimum absolute atomic E-state index is 0.00545. The van der Waals surface area contributed by atoms with Gasteiger partial charge in [0.05, 0.1) is 27.2 Å². The van der Waals surface area contributed by atoms with Crippen LogP contribution in [0.1, 0.15) is 12.5 Å². The van der Waals surface area contributed by atoms with Crippen molar-refractivity contribution in [2.24, 2.45) is 5.10 Å². The molecule has 0 fully saturated rings. The molecule has 0 unspecified atom stereocenters. The van der Waals surface area contributed by atoms with E-state index in [0.29, 0.717) is 16.0 Å². The molecule has 1 heterocycles. The monoisotopic (exact) mass is 317 g/mol. The summed E-state index contributed by atoms with van der Waals surface area (Å²) in [6, 6.07) is 6.37. The first-order valence-electron chi connectivity index (χ1n) is 6.31. The van der Waals surface area contributed by atoms with Crippen LogP contribution >= 0.6 is 0 Å². The summed E-state index contributed by atoms with van der Waals surface area (Å²) in [6.45, 7) is 1.61. The van der Waals surface area contributed by atoms with Crippen molar-refractivity contribution < 1.29 is 14.6 Å². The number of nitro groups is 2. The number of nitro benzene ring substituents is 2. The van der Waals surface area contributed by atoms with Gasteiger partial charge in [0.2, 0.25) is 0 Å². The molecule has 0 aliphatic rings. The Labute approximate surface area is 129 Å². The van der Waals surface area contributed by atoms with Crippen molar-refractivity contribution in [3.63, 3.8) is 0 Å². The van der Waals surface area contributed by atoms with E-state index in [1.165, 1.54) is 24.5 Å². The van der Waals surface area contributed by atoms with Crippen molar-refractivity contribution >= 4 is 22.8 Å². The van der Waals surface area contributed by atoms with Crippen LogP contribution in [-0.2, 0) is 0 Å². The molecule has 0 saturated heterocycles. The van der Waals surface area contributed by atoms with E-state index >= 15 is 0 Å². The topological polar surface area (TPSA) is 138 Å². The second kappa shape index (κ2) is 6.47. The maximum absolute atomic E-state index is 11.2. The largest absolute Gasteiger partial charge is 0.619 e. The van der Waals surface area contributed by atoms with E-state index in [-0.39, 0.29) is 5.69 Å². The quantitative estimate of drug-likeness (QED) is 0.294. The molecule has 2 rings (SSSR count). The van der Waals surface area contributed by atoms with Crippen molar-refractivity contribution in [1.82, 2.24) is 0 Å². The van der Waals surface area contributed by atoms with E-state index in [0.717, 1.165) is 12.1 Å². The molecule has 0 aliphatic carbocycles. The van der Waals surface area contributed by atoms with Gasteiger partial charge in [-0.15, -0.1) is 0 Å². The van der Waals surface area contributed by atoms with Crippen LogP contribution in [0.25, 0.3) is 0 Å². The van der Waals surface area contributed by atoms with Gasteiger partial charge in [0.1, 0.15) is 5.69 Å². The van der Waals surface area contributed by atoms with Crippen LogP contribution in [0, 0.1) is 25.4 Å². The fraction of sp³-hybridized carbons (Fsp3) is 0.0769. The van der Waals surface area contributed by atoms with Crippen LogP contribution < -0.4 is 10.2 Å². The summed E-state index contributed by atoms with van der Waals surface area (Å²) in [5.41, 5.74) is 2.58. The van der Waals surface area contributed by atoms with Gasteiger partial charge < -0.3 is 5.21 Å². The number of benzene rings is 1. The first-order chi connectivity index (χ1) is 10.9. The summed E-state index contributed by atoms with van der Waals surface area (Å²) in [5, 5.41) is 36.8. The zero-order valence-electron chi connectivity index (χ0n) is 11.9. The van der Waals surface area contributed by atoms with Gasteiger partial charge >= 0.3 is 5.69 Å². The van der Waals surface area contributed by atoms with Gasteiger partial charge in [-0.25, -0.2) is 0 Å². The molecule has 118 valence electrons. The molecule has 0 aliphatic heterocycles. The lowest BCUT2D eigenvalue weighted by atomic mass is 10.2. The lowest BCUT2D eigenvalue weighted by Gasteiger charge is -2.04. The van der Waals surface area contributed by atoms with Crippen LogP contribution in [0.5, 0.6) is 0 Å². The van der Waals surface area contributed by atoms with Gasteiger partial charge in [-0.1, -0.05) is 0 Å². The van der Waals surface area contributed by atoms with E-state index in [4.69, 9.17) is 0 Å². The minimum atomic E-state index is -0.742. The molecule has 1 N–H and O–H groups in total. The molecule has 0 amide bonds. The molecule has 0 bridgehead atoms. The third-order valence-electron chi connectivity index (χ3n) is 2.93. The summed E-state index contributed by atoms with van der Waals surface area (Å²) in [5.74, 6) is 0. The number of hydrogen-bond acceptors (Lipinski definition) is 7. The van der Waals surface area contributed by atoms with Gasteiger partial charge in [-0.2, -0.15) is 9.83 Å². The summed E-state index contributed by atoms with van der Waals surface area (Å²) in [6.07, 6.45) is 2.61. The normalized spacial score (nSPS) is 11.1. The Bertz CT molecular complexity index is 805. The molecule has 0 atom stereocenters. The Hall–Kier alpha value is -3.56. The maximum Gasteiger partial charge on any atom is 0.301 e. The minimum Gasteiger partial charge on any atom is -0.619 e. The summed E-state index contributed by atoms with van der Waals surface area (Å²) in [4.78, 5) is 20.2. The average molecular weight is 317 g/mol. The Kier molecular flexibility index (Phi) is 4.45. The van der Waals surface area contributed by atoms with Gasteiger partial charge in [0, 0.05) is 12.1 Å². The first-order valence-corrected chi connectivity index (χ1v) is 6.31. The SMILES string of the molecule is C/C(=N/Nc1ccc([N+](=O)[O-])cc1[N+](=O)[O-])c1ccc[n+]([O-])c1. The third kappa shape index (κ3) is 3.75.